The van der Waals surface area contributed by atoms with Gasteiger partial charge in [-0.3, -0.25) is 19.2 Å². The molecule has 2 saturated heterocycles. The predicted octanol–water partition coefficient (Wildman–Crippen LogP) is -2.27. The number of fused-ring (bicyclic) bond motifs is 1. The number of hydrogen-bond acceptors (Lipinski definition) is 4. The second kappa shape index (κ2) is 5.48. The topological polar surface area (TPSA) is 108 Å². The van der Waals surface area contributed by atoms with E-state index in [1.54, 1.807) is 0 Å². The summed E-state index contributed by atoms with van der Waals surface area (Å²) in [7, 11) is 1.48. The van der Waals surface area contributed by atoms with E-state index in [-0.39, 0.29) is 36.1 Å². The lowest BCUT2D eigenvalue weighted by Crippen LogP contribution is -2.61. The second-order valence-corrected chi connectivity index (χ2v) is 5.08. The van der Waals surface area contributed by atoms with E-state index in [1.165, 1.54) is 18.9 Å². The summed E-state index contributed by atoms with van der Waals surface area (Å²) in [5, 5.41) is 7.71. The van der Waals surface area contributed by atoms with Crippen molar-refractivity contribution in [1.29, 1.82) is 0 Å². The molecule has 0 radical (unpaired) electrons. The molecule has 2 fully saturated rings. The minimum Gasteiger partial charge on any atom is -0.359 e. The molecule has 0 bridgehead atoms. The summed E-state index contributed by atoms with van der Waals surface area (Å²) in [6, 6.07) is -1.60. The molecule has 8 nitrogen and oxygen atoms in total. The van der Waals surface area contributed by atoms with Gasteiger partial charge in [0.15, 0.2) is 0 Å². The number of carbonyl (C=O) groups is 4. The number of carbonyl (C=O) groups excluding carboxylic acids is 4. The van der Waals surface area contributed by atoms with Crippen molar-refractivity contribution in [3.05, 3.63) is 0 Å². The maximum Gasteiger partial charge on any atom is 0.246 e. The highest BCUT2D eigenvalue weighted by atomic mass is 16.2. The van der Waals surface area contributed by atoms with E-state index in [0.29, 0.717) is 13.0 Å². The normalized spacial score (nSPS) is 28.7. The second-order valence-electron chi connectivity index (χ2n) is 5.08. The molecular weight excluding hydrogens is 264 g/mol. The highest BCUT2D eigenvalue weighted by molar-refractivity contribution is 5.99. The predicted molar refractivity (Wildman–Crippen MR) is 68.3 cm³/mol. The highest BCUT2D eigenvalue weighted by Crippen LogP contribution is 2.23. The molecular formula is C12H18N4O4. The van der Waals surface area contributed by atoms with E-state index in [9.17, 15) is 19.2 Å². The van der Waals surface area contributed by atoms with Gasteiger partial charge in [-0.05, 0) is 6.42 Å². The average Bonchev–Trinajstić information content (AvgIpc) is 2.79. The number of rotatable bonds is 3. The molecule has 0 aromatic carbocycles. The summed E-state index contributed by atoms with van der Waals surface area (Å²) < 4.78 is 0. The standard InChI is InChI=1S/C12H18N4O4/c1-6(17)14-7-3-9-11(19)15-8(4-10(18)13-2)12(20)16(9)5-7/h7-9H,3-5H2,1-2H3,(H,13,18)(H,14,17)(H,15,19)/t7-,8-,9-/m0/s1. The third-order valence-electron chi connectivity index (χ3n) is 3.58. The van der Waals surface area contributed by atoms with E-state index in [1.807, 2.05) is 0 Å². The number of nitrogens with zero attached hydrogens (tertiary/aromatic N) is 1. The molecule has 0 aromatic rings. The van der Waals surface area contributed by atoms with Crippen LogP contribution in [0.1, 0.15) is 19.8 Å². The average molecular weight is 282 g/mol. The Kier molecular flexibility index (Phi) is 3.91. The van der Waals surface area contributed by atoms with Crippen molar-refractivity contribution in [2.75, 3.05) is 13.6 Å². The van der Waals surface area contributed by atoms with Gasteiger partial charge in [-0.25, -0.2) is 0 Å². The van der Waals surface area contributed by atoms with Crippen LogP contribution in [0.5, 0.6) is 0 Å². The monoisotopic (exact) mass is 282 g/mol. The van der Waals surface area contributed by atoms with Gasteiger partial charge in [0, 0.05) is 26.6 Å². The third-order valence-corrected chi connectivity index (χ3v) is 3.58. The summed E-state index contributed by atoms with van der Waals surface area (Å²) in [5.41, 5.74) is 0. The minimum absolute atomic E-state index is 0.0743. The van der Waals surface area contributed by atoms with Gasteiger partial charge in [0.1, 0.15) is 12.1 Å². The van der Waals surface area contributed by atoms with Crippen molar-refractivity contribution in [2.24, 2.45) is 0 Å². The first-order valence-electron chi connectivity index (χ1n) is 6.51. The van der Waals surface area contributed by atoms with E-state index in [0.717, 1.165) is 0 Å². The van der Waals surface area contributed by atoms with E-state index >= 15 is 0 Å². The Morgan fingerprint density at radius 3 is 2.70 bits per heavy atom. The van der Waals surface area contributed by atoms with Crippen molar-refractivity contribution in [1.82, 2.24) is 20.9 Å². The Balaban J connectivity index is 2.06. The van der Waals surface area contributed by atoms with Crippen LogP contribution in [-0.4, -0.2) is 60.2 Å². The van der Waals surface area contributed by atoms with Crippen LogP contribution in [-0.2, 0) is 19.2 Å². The Morgan fingerprint density at radius 1 is 1.40 bits per heavy atom. The molecule has 8 heteroatoms. The molecule has 0 aliphatic carbocycles. The summed E-state index contributed by atoms with van der Waals surface area (Å²) in [4.78, 5) is 48.1. The van der Waals surface area contributed by atoms with Crippen LogP contribution in [0.3, 0.4) is 0 Å². The van der Waals surface area contributed by atoms with Crippen molar-refractivity contribution in [3.63, 3.8) is 0 Å². The molecule has 0 spiro atoms. The fourth-order valence-corrected chi connectivity index (χ4v) is 2.68. The van der Waals surface area contributed by atoms with Crippen LogP contribution in [0.25, 0.3) is 0 Å². The van der Waals surface area contributed by atoms with E-state index in [2.05, 4.69) is 16.0 Å². The van der Waals surface area contributed by atoms with Gasteiger partial charge in [-0.15, -0.1) is 0 Å². The first-order valence-corrected chi connectivity index (χ1v) is 6.51. The largest absolute Gasteiger partial charge is 0.359 e. The fraction of sp³-hybridized carbons (Fsp3) is 0.667. The first-order chi connectivity index (χ1) is 9.42. The zero-order chi connectivity index (χ0) is 14.9. The number of amides is 4. The number of hydrogen-bond donors (Lipinski definition) is 3. The van der Waals surface area contributed by atoms with Crippen molar-refractivity contribution in [2.45, 2.75) is 37.9 Å². The Bertz CT molecular complexity index is 464. The molecule has 2 rings (SSSR count). The zero-order valence-corrected chi connectivity index (χ0v) is 11.4. The molecule has 0 unspecified atom stereocenters. The maximum absolute atomic E-state index is 12.3. The molecule has 20 heavy (non-hydrogen) atoms. The van der Waals surface area contributed by atoms with Gasteiger partial charge in [0.05, 0.1) is 6.42 Å². The molecule has 3 atom stereocenters. The number of piperazine rings is 1. The third kappa shape index (κ3) is 2.73. The van der Waals surface area contributed by atoms with E-state index in [4.69, 9.17) is 0 Å². The quantitative estimate of drug-likeness (QED) is 0.542. The fourth-order valence-electron chi connectivity index (χ4n) is 2.68. The SMILES string of the molecule is CNC(=O)C[C@@H]1NC(=O)[C@@H]2C[C@H](NC(C)=O)CN2C1=O. The van der Waals surface area contributed by atoms with Crippen molar-refractivity contribution in [3.8, 4) is 0 Å². The summed E-state index contributed by atoms with van der Waals surface area (Å²) >= 11 is 0. The summed E-state index contributed by atoms with van der Waals surface area (Å²) in [6.07, 6.45) is 0.332. The molecule has 2 aliphatic rings. The lowest BCUT2D eigenvalue weighted by molar-refractivity contribution is -0.148. The van der Waals surface area contributed by atoms with E-state index < -0.39 is 12.1 Å². The molecule has 2 heterocycles. The number of nitrogens with one attached hydrogen (secondary N) is 3. The van der Waals surface area contributed by atoms with Gasteiger partial charge in [-0.2, -0.15) is 0 Å². The van der Waals surface area contributed by atoms with Crippen LogP contribution in [0.4, 0.5) is 0 Å². The molecule has 4 amide bonds. The Labute approximate surface area is 116 Å². The minimum atomic E-state index is -0.824. The van der Waals surface area contributed by atoms with Crippen molar-refractivity contribution < 1.29 is 19.2 Å². The molecule has 2 aliphatic heterocycles. The molecule has 3 N–H and O–H groups in total. The van der Waals surface area contributed by atoms with Crippen LogP contribution in [0.15, 0.2) is 0 Å². The van der Waals surface area contributed by atoms with Gasteiger partial charge < -0.3 is 20.9 Å². The van der Waals surface area contributed by atoms with Gasteiger partial charge in [0.25, 0.3) is 0 Å². The van der Waals surface area contributed by atoms with Gasteiger partial charge in [-0.1, -0.05) is 0 Å². The Morgan fingerprint density at radius 2 is 2.10 bits per heavy atom. The van der Waals surface area contributed by atoms with Gasteiger partial charge >= 0.3 is 0 Å². The Hall–Kier alpha value is -2.12. The molecule has 110 valence electrons. The smallest absolute Gasteiger partial charge is 0.246 e. The first kappa shape index (κ1) is 14.3. The van der Waals surface area contributed by atoms with Crippen LogP contribution < -0.4 is 16.0 Å². The summed E-state index contributed by atoms with van der Waals surface area (Å²) in [6.45, 7) is 1.70. The summed E-state index contributed by atoms with van der Waals surface area (Å²) in [5.74, 6) is -1.04. The zero-order valence-electron chi connectivity index (χ0n) is 11.4. The van der Waals surface area contributed by atoms with Gasteiger partial charge in [0.2, 0.25) is 23.6 Å². The van der Waals surface area contributed by atoms with Crippen LogP contribution in [0.2, 0.25) is 0 Å². The molecule has 0 aromatic heterocycles. The van der Waals surface area contributed by atoms with Crippen molar-refractivity contribution >= 4 is 23.6 Å². The lowest BCUT2D eigenvalue weighted by Gasteiger charge is -2.34. The molecule has 0 saturated carbocycles. The van der Waals surface area contributed by atoms with Crippen LogP contribution >= 0.6 is 0 Å². The lowest BCUT2D eigenvalue weighted by atomic mass is 10.1. The maximum atomic E-state index is 12.3. The highest BCUT2D eigenvalue weighted by Gasteiger charge is 2.46. The van der Waals surface area contributed by atoms with Crippen LogP contribution in [0, 0.1) is 0 Å².